The second-order valence-electron chi connectivity index (χ2n) is 6.15. The number of esters is 1. The van der Waals surface area contributed by atoms with Crippen LogP contribution in [0.2, 0.25) is 0 Å². The molecule has 0 aliphatic carbocycles. The molecule has 0 amide bonds. The summed E-state index contributed by atoms with van der Waals surface area (Å²) in [5.74, 6) is -3.40. The predicted octanol–water partition coefficient (Wildman–Crippen LogP) is 2.80. The van der Waals surface area contributed by atoms with E-state index in [1.165, 1.54) is 12.0 Å². The number of carbonyl (C=O) groups is 1. The van der Waals surface area contributed by atoms with Gasteiger partial charge in [-0.1, -0.05) is 0 Å². The first-order valence-corrected chi connectivity index (χ1v) is 9.33. The number of carbonyl (C=O) groups excluding carboxylic acids is 1. The summed E-state index contributed by atoms with van der Waals surface area (Å²) in [7, 11) is 1.28. The van der Waals surface area contributed by atoms with Gasteiger partial charge in [-0.25, -0.2) is 13.6 Å². The molecule has 0 bridgehead atoms. The number of anilines is 1. The number of ether oxygens (including phenoxy) is 2. The molecule has 3 heterocycles. The summed E-state index contributed by atoms with van der Waals surface area (Å²) in [4.78, 5) is 13.9. The maximum Gasteiger partial charge on any atom is 0.350 e. The Bertz CT molecular complexity index is 634. The van der Waals surface area contributed by atoms with Crippen LogP contribution in [0.4, 0.5) is 14.5 Å². The zero-order valence-electron chi connectivity index (χ0n) is 13.2. The van der Waals surface area contributed by atoms with Gasteiger partial charge in [-0.15, -0.1) is 11.3 Å². The van der Waals surface area contributed by atoms with E-state index < -0.39 is 30.9 Å². The number of methoxy groups -OCH3 is 1. The van der Waals surface area contributed by atoms with Crippen LogP contribution >= 0.6 is 27.3 Å². The molecule has 0 unspecified atom stereocenters. The fourth-order valence-corrected chi connectivity index (χ4v) is 5.09. The number of nitrogens with two attached hydrogens (primary N) is 1. The second kappa shape index (κ2) is 6.86. The highest BCUT2D eigenvalue weighted by Gasteiger charge is 2.43. The van der Waals surface area contributed by atoms with Gasteiger partial charge in [-0.05, 0) is 28.8 Å². The Morgan fingerprint density at radius 1 is 1.62 bits per heavy atom. The Kier molecular flexibility index (Phi) is 5.15. The Morgan fingerprint density at radius 3 is 3.00 bits per heavy atom. The van der Waals surface area contributed by atoms with E-state index in [-0.39, 0.29) is 12.6 Å². The molecule has 24 heavy (non-hydrogen) atoms. The maximum absolute atomic E-state index is 14.2. The van der Waals surface area contributed by atoms with Gasteiger partial charge in [0.2, 0.25) is 0 Å². The summed E-state index contributed by atoms with van der Waals surface area (Å²) in [6.45, 7) is 0.394. The van der Waals surface area contributed by atoms with Crippen molar-refractivity contribution < 1.29 is 23.0 Å². The van der Waals surface area contributed by atoms with Gasteiger partial charge in [-0.2, -0.15) is 0 Å². The van der Waals surface area contributed by atoms with Crippen molar-refractivity contribution >= 4 is 38.9 Å². The summed E-state index contributed by atoms with van der Waals surface area (Å²) in [6, 6.07) is -0.390. The SMILES string of the molecule is COC(=O)c1sc(Br)c2c1N(C[C@@H](N)[C@H]1CCCO1)CC(F)(F)C2. The van der Waals surface area contributed by atoms with Gasteiger partial charge < -0.3 is 20.1 Å². The van der Waals surface area contributed by atoms with Crippen molar-refractivity contribution in [2.75, 3.05) is 31.7 Å². The standard InChI is InChI=1S/C15H19BrF2N2O3S/c1-22-14(21)12-11-8(13(16)24-12)5-15(17,18)7-20(11)6-9(19)10-3-2-4-23-10/h9-10H,2-7,19H2,1H3/t9-,10-/m1/s1. The highest BCUT2D eigenvalue weighted by Crippen LogP contribution is 2.46. The van der Waals surface area contributed by atoms with Crippen LogP contribution in [0.15, 0.2) is 3.79 Å². The van der Waals surface area contributed by atoms with Gasteiger partial charge in [0.05, 0.1) is 29.2 Å². The van der Waals surface area contributed by atoms with E-state index in [4.69, 9.17) is 15.2 Å². The molecule has 2 N–H and O–H groups in total. The van der Waals surface area contributed by atoms with Gasteiger partial charge in [0, 0.05) is 31.2 Å². The van der Waals surface area contributed by atoms with Gasteiger partial charge in [-0.3, -0.25) is 0 Å². The number of fused-ring (bicyclic) bond motifs is 1. The van der Waals surface area contributed by atoms with Crippen molar-refractivity contribution in [2.45, 2.75) is 37.3 Å². The average Bonchev–Trinajstić information content (AvgIpc) is 3.14. The van der Waals surface area contributed by atoms with Crippen molar-refractivity contribution in [3.05, 3.63) is 14.2 Å². The summed E-state index contributed by atoms with van der Waals surface area (Å²) < 4.78 is 39.3. The van der Waals surface area contributed by atoms with Gasteiger partial charge in [0.25, 0.3) is 5.92 Å². The van der Waals surface area contributed by atoms with E-state index in [0.717, 1.165) is 24.2 Å². The van der Waals surface area contributed by atoms with Crippen molar-refractivity contribution in [3.63, 3.8) is 0 Å². The first-order chi connectivity index (χ1) is 11.3. The van der Waals surface area contributed by atoms with E-state index in [1.807, 2.05) is 0 Å². The van der Waals surface area contributed by atoms with Crippen molar-refractivity contribution in [1.29, 1.82) is 0 Å². The topological polar surface area (TPSA) is 64.8 Å². The molecule has 9 heteroatoms. The van der Waals surface area contributed by atoms with Crippen LogP contribution < -0.4 is 10.6 Å². The minimum absolute atomic E-state index is 0.132. The minimum atomic E-state index is -2.87. The van der Waals surface area contributed by atoms with Crippen molar-refractivity contribution in [3.8, 4) is 0 Å². The molecule has 2 aliphatic heterocycles. The van der Waals surface area contributed by atoms with Crippen LogP contribution in [0.1, 0.15) is 28.1 Å². The third-order valence-electron chi connectivity index (χ3n) is 4.35. The van der Waals surface area contributed by atoms with E-state index in [9.17, 15) is 13.6 Å². The Labute approximate surface area is 151 Å². The third-order valence-corrected chi connectivity index (χ3v) is 6.30. The normalized spacial score (nSPS) is 23.9. The summed E-state index contributed by atoms with van der Waals surface area (Å²) in [5, 5.41) is 0. The molecule has 1 saturated heterocycles. The lowest BCUT2D eigenvalue weighted by Gasteiger charge is -2.37. The Morgan fingerprint density at radius 2 is 2.38 bits per heavy atom. The molecule has 5 nitrogen and oxygen atoms in total. The molecule has 3 rings (SSSR count). The molecule has 0 aromatic carbocycles. The number of rotatable bonds is 4. The number of nitrogens with zero attached hydrogens (tertiary/aromatic N) is 1. The highest BCUT2D eigenvalue weighted by molar-refractivity contribution is 9.11. The molecule has 134 valence electrons. The largest absolute Gasteiger partial charge is 0.465 e. The summed E-state index contributed by atoms with van der Waals surface area (Å²) in [5.41, 5.74) is 7.14. The smallest absolute Gasteiger partial charge is 0.350 e. The second-order valence-corrected chi connectivity index (χ2v) is 8.49. The average molecular weight is 425 g/mol. The highest BCUT2D eigenvalue weighted by atomic mass is 79.9. The van der Waals surface area contributed by atoms with Crippen LogP contribution in [-0.4, -0.2) is 50.8 Å². The number of halogens is 3. The van der Waals surface area contributed by atoms with Crippen LogP contribution in [0.25, 0.3) is 0 Å². The van der Waals surface area contributed by atoms with Gasteiger partial charge in [0.15, 0.2) is 0 Å². The lowest BCUT2D eigenvalue weighted by Crippen LogP contribution is -2.51. The quantitative estimate of drug-likeness (QED) is 0.752. The molecular weight excluding hydrogens is 406 g/mol. The van der Waals surface area contributed by atoms with Crippen LogP contribution in [0, 0.1) is 0 Å². The fourth-order valence-electron chi connectivity index (χ4n) is 3.29. The first-order valence-electron chi connectivity index (χ1n) is 7.72. The van der Waals surface area contributed by atoms with Gasteiger partial charge >= 0.3 is 5.97 Å². The van der Waals surface area contributed by atoms with Crippen LogP contribution in [-0.2, 0) is 15.9 Å². The monoisotopic (exact) mass is 424 g/mol. The minimum Gasteiger partial charge on any atom is -0.465 e. The van der Waals surface area contributed by atoms with Crippen LogP contribution in [0.3, 0.4) is 0 Å². The zero-order chi connectivity index (χ0) is 17.5. The molecule has 1 fully saturated rings. The summed E-state index contributed by atoms with van der Waals surface area (Å²) >= 11 is 4.43. The van der Waals surface area contributed by atoms with E-state index >= 15 is 0 Å². The Hall–Kier alpha value is -0.770. The lowest BCUT2D eigenvalue weighted by atomic mass is 9.99. The zero-order valence-corrected chi connectivity index (χ0v) is 15.6. The number of alkyl halides is 2. The molecule has 1 aromatic heterocycles. The fraction of sp³-hybridized carbons (Fsp3) is 0.667. The van der Waals surface area contributed by atoms with E-state index in [1.54, 1.807) is 0 Å². The van der Waals surface area contributed by atoms with E-state index in [2.05, 4.69) is 15.9 Å². The molecular formula is C15H19BrF2N2O3S. The molecule has 1 aromatic rings. The van der Waals surface area contributed by atoms with Crippen molar-refractivity contribution in [1.82, 2.24) is 0 Å². The maximum atomic E-state index is 14.2. The molecule has 0 spiro atoms. The summed E-state index contributed by atoms with van der Waals surface area (Å²) in [6.07, 6.45) is 1.22. The first kappa shape index (κ1) is 18.0. The molecule has 0 saturated carbocycles. The third kappa shape index (κ3) is 3.44. The number of thiophene rings is 1. The molecule has 2 aliphatic rings. The number of hydrogen-bond donors (Lipinski definition) is 1. The van der Waals surface area contributed by atoms with Gasteiger partial charge in [0.1, 0.15) is 4.88 Å². The number of hydrogen-bond acceptors (Lipinski definition) is 6. The Balaban J connectivity index is 1.93. The van der Waals surface area contributed by atoms with Crippen LogP contribution in [0.5, 0.6) is 0 Å². The predicted molar refractivity (Wildman–Crippen MR) is 91.2 cm³/mol. The molecule has 0 radical (unpaired) electrons. The van der Waals surface area contributed by atoms with Crippen molar-refractivity contribution in [2.24, 2.45) is 5.73 Å². The van der Waals surface area contributed by atoms with E-state index in [0.29, 0.717) is 26.5 Å². The lowest BCUT2D eigenvalue weighted by molar-refractivity contribution is 0.00378. The molecule has 2 atom stereocenters.